The van der Waals surface area contributed by atoms with Gasteiger partial charge in [-0.2, -0.15) is 0 Å². The van der Waals surface area contributed by atoms with Gasteiger partial charge in [-0.3, -0.25) is 9.59 Å². The lowest BCUT2D eigenvalue weighted by molar-refractivity contribution is -0.119. The van der Waals surface area contributed by atoms with Crippen molar-refractivity contribution in [1.82, 2.24) is 10.6 Å². The third-order valence-corrected chi connectivity index (χ3v) is 5.05. The molecule has 142 valence electrons. The van der Waals surface area contributed by atoms with Crippen LogP contribution in [0.1, 0.15) is 23.7 Å². The Hall–Kier alpha value is -2.12. The number of amides is 2. The Morgan fingerprint density at radius 2 is 2.04 bits per heavy atom. The summed E-state index contributed by atoms with van der Waals surface area (Å²) in [6.07, 6.45) is 1.19. The van der Waals surface area contributed by atoms with Crippen LogP contribution in [-0.4, -0.2) is 57.4 Å². The standard InChI is InChI=1S/C19H26N2O5/c1-12(22)20-8-10-25-14-5-3-13(4-6-14)19(23)21-17-15-7-9-26-18(15)16(17)11-24-2/h3-6,15-18H,7-11H2,1-2H3,(H,20,22)(H,21,23)/t15-,16+,17-,18-/m1/s1. The topological polar surface area (TPSA) is 85.9 Å². The van der Waals surface area contributed by atoms with Crippen LogP contribution in [0.25, 0.3) is 0 Å². The number of methoxy groups -OCH3 is 1. The van der Waals surface area contributed by atoms with E-state index in [-0.39, 0.29) is 29.9 Å². The zero-order chi connectivity index (χ0) is 18.5. The van der Waals surface area contributed by atoms with E-state index in [1.165, 1.54) is 6.92 Å². The maximum atomic E-state index is 12.6. The fourth-order valence-electron chi connectivity index (χ4n) is 3.77. The molecule has 2 fully saturated rings. The predicted octanol–water partition coefficient (Wildman–Crippen LogP) is 0.981. The molecule has 0 spiro atoms. The lowest BCUT2D eigenvalue weighted by Crippen LogP contribution is -2.62. The van der Waals surface area contributed by atoms with Gasteiger partial charge in [0.2, 0.25) is 5.91 Å². The average molecular weight is 362 g/mol. The molecule has 3 rings (SSSR count). The first-order valence-corrected chi connectivity index (χ1v) is 8.99. The summed E-state index contributed by atoms with van der Waals surface area (Å²) in [6.45, 7) is 3.64. The van der Waals surface area contributed by atoms with Gasteiger partial charge in [0.05, 0.1) is 19.3 Å². The SMILES string of the molecule is COC[C@H]1[C@H](NC(=O)c2ccc(OCCNC(C)=O)cc2)[C@H]2CCO[C@H]21. The molecule has 1 saturated heterocycles. The van der Waals surface area contributed by atoms with E-state index in [9.17, 15) is 9.59 Å². The molecular formula is C19H26N2O5. The number of carbonyl (C=O) groups is 2. The number of nitrogens with one attached hydrogen (secondary N) is 2. The number of hydrogen-bond donors (Lipinski definition) is 2. The van der Waals surface area contributed by atoms with Gasteiger partial charge in [0, 0.05) is 44.1 Å². The van der Waals surface area contributed by atoms with Crippen molar-refractivity contribution < 1.29 is 23.8 Å². The summed E-state index contributed by atoms with van der Waals surface area (Å²) in [5.41, 5.74) is 0.595. The summed E-state index contributed by atoms with van der Waals surface area (Å²) in [5.74, 6) is 1.09. The summed E-state index contributed by atoms with van der Waals surface area (Å²) in [7, 11) is 1.67. The molecule has 0 unspecified atom stereocenters. The van der Waals surface area contributed by atoms with Crippen molar-refractivity contribution in [2.75, 3.05) is 33.5 Å². The molecule has 1 aromatic rings. The number of hydrogen-bond acceptors (Lipinski definition) is 5. The van der Waals surface area contributed by atoms with Gasteiger partial charge in [-0.05, 0) is 30.7 Å². The van der Waals surface area contributed by atoms with Crippen molar-refractivity contribution in [3.8, 4) is 5.75 Å². The molecule has 1 aromatic carbocycles. The molecule has 7 nitrogen and oxygen atoms in total. The Morgan fingerprint density at radius 3 is 2.73 bits per heavy atom. The minimum Gasteiger partial charge on any atom is -0.492 e. The summed E-state index contributed by atoms with van der Waals surface area (Å²) < 4.78 is 16.5. The molecule has 1 heterocycles. The van der Waals surface area contributed by atoms with Crippen LogP contribution in [0.15, 0.2) is 24.3 Å². The maximum absolute atomic E-state index is 12.6. The van der Waals surface area contributed by atoms with E-state index in [0.717, 1.165) is 13.0 Å². The molecule has 7 heteroatoms. The average Bonchev–Trinajstić information content (AvgIpc) is 3.06. The van der Waals surface area contributed by atoms with Gasteiger partial charge < -0.3 is 24.8 Å². The maximum Gasteiger partial charge on any atom is 0.251 e. The third kappa shape index (κ3) is 4.16. The number of ether oxygens (including phenoxy) is 3. The Kier molecular flexibility index (Phi) is 6.11. The van der Waals surface area contributed by atoms with Crippen molar-refractivity contribution in [2.24, 2.45) is 11.8 Å². The van der Waals surface area contributed by atoms with E-state index in [2.05, 4.69) is 10.6 Å². The van der Waals surface area contributed by atoms with Gasteiger partial charge in [-0.1, -0.05) is 0 Å². The third-order valence-electron chi connectivity index (χ3n) is 5.05. The first-order chi connectivity index (χ1) is 12.6. The van der Waals surface area contributed by atoms with E-state index in [0.29, 0.717) is 37.0 Å². The van der Waals surface area contributed by atoms with Crippen molar-refractivity contribution in [3.05, 3.63) is 29.8 Å². The second kappa shape index (κ2) is 8.51. The van der Waals surface area contributed by atoms with Crippen molar-refractivity contribution >= 4 is 11.8 Å². The molecule has 2 aliphatic rings. The Morgan fingerprint density at radius 1 is 1.27 bits per heavy atom. The van der Waals surface area contributed by atoms with Crippen molar-refractivity contribution in [3.63, 3.8) is 0 Å². The first-order valence-electron chi connectivity index (χ1n) is 8.99. The lowest BCUT2D eigenvalue weighted by atomic mass is 9.67. The first kappa shape index (κ1) is 18.7. The zero-order valence-corrected chi connectivity index (χ0v) is 15.2. The predicted molar refractivity (Wildman–Crippen MR) is 95.1 cm³/mol. The largest absolute Gasteiger partial charge is 0.492 e. The van der Waals surface area contributed by atoms with Gasteiger partial charge >= 0.3 is 0 Å². The molecular weight excluding hydrogens is 336 g/mol. The highest BCUT2D eigenvalue weighted by atomic mass is 16.5. The Balaban J connectivity index is 1.51. The highest BCUT2D eigenvalue weighted by molar-refractivity contribution is 5.94. The van der Waals surface area contributed by atoms with Crippen LogP contribution in [0.2, 0.25) is 0 Å². The van der Waals surface area contributed by atoms with Crippen LogP contribution >= 0.6 is 0 Å². The number of carbonyl (C=O) groups excluding carboxylic acids is 2. The normalized spacial score (nSPS) is 26.5. The van der Waals surface area contributed by atoms with E-state index in [1.54, 1.807) is 31.4 Å². The molecule has 1 saturated carbocycles. The highest BCUT2D eigenvalue weighted by Crippen LogP contribution is 2.43. The molecule has 4 atom stereocenters. The van der Waals surface area contributed by atoms with Crippen LogP contribution in [0, 0.1) is 11.8 Å². The Labute approximate surface area is 153 Å². The molecule has 1 aliphatic heterocycles. The molecule has 0 bridgehead atoms. The number of rotatable bonds is 8. The molecule has 26 heavy (non-hydrogen) atoms. The van der Waals surface area contributed by atoms with E-state index >= 15 is 0 Å². The highest BCUT2D eigenvalue weighted by Gasteiger charge is 2.54. The Bertz CT molecular complexity index is 633. The minimum atomic E-state index is -0.0914. The quantitative estimate of drug-likeness (QED) is 0.674. The van der Waals surface area contributed by atoms with Gasteiger partial charge in [0.25, 0.3) is 5.91 Å². The summed E-state index contributed by atoms with van der Waals surface area (Å²) in [5, 5.41) is 5.80. The van der Waals surface area contributed by atoms with Crippen LogP contribution < -0.4 is 15.4 Å². The van der Waals surface area contributed by atoms with Crippen molar-refractivity contribution in [1.29, 1.82) is 0 Å². The van der Waals surface area contributed by atoms with Crippen LogP contribution in [-0.2, 0) is 14.3 Å². The minimum absolute atomic E-state index is 0.0849. The molecule has 2 amide bonds. The monoisotopic (exact) mass is 362 g/mol. The van der Waals surface area contributed by atoms with Gasteiger partial charge in [-0.25, -0.2) is 0 Å². The fourth-order valence-corrected chi connectivity index (χ4v) is 3.77. The van der Waals surface area contributed by atoms with Crippen LogP contribution in [0.4, 0.5) is 0 Å². The lowest BCUT2D eigenvalue weighted by Gasteiger charge is -2.47. The van der Waals surface area contributed by atoms with E-state index in [4.69, 9.17) is 14.2 Å². The molecule has 0 aromatic heterocycles. The van der Waals surface area contributed by atoms with Crippen LogP contribution in [0.5, 0.6) is 5.75 Å². The van der Waals surface area contributed by atoms with Crippen molar-refractivity contribution in [2.45, 2.75) is 25.5 Å². The van der Waals surface area contributed by atoms with Gasteiger partial charge in [-0.15, -0.1) is 0 Å². The second-order valence-corrected chi connectivity index (χ2v) is 6.76. The van der Waals surface area contributed by atoms with Gasteiger partial charge in [0.15, 0.2) is 0 Å². The van der Waals surface area contributed by atoms with E-state index in [1.807, 2.05) is 0 Å². The van der Waals surface area contributed by atoms with E-state index < -0.39 is 0 Å². The second-order valence-electron chi connectivity index (χ2n) is 6.76. The molecule has 0 radical (unpaired) electrons. The fraction of sp³-hybridized carbons (Fsp3) is 0.579. The summed E-state index contributed by atoms with van der Waals surface area (Å²) in [6, 6.07) is 7.11. The van der Waals surface area contributed by atoms with Gasteiger partial charge in [0.1, 0.15) is 12.4 Å². The smallest absolute Gasteiger partial charge is 0.251 e. The number of fused-ring (bicyclic) bond motifs is 1. The number of benzene rings is 1. The summed E-state index contributed by atoms with van der Waals surface area (Å²) >= 11 is 0. The van der Waals surface area contributed by atoms with Crippen LogP contribution in [0.3, 0.4) is 0 Å². The zero-order valence-electron chi connectivity index (χ0n) is 15.2. The summed E-state index contributed by atoms with van der Waals surface area (Å²) in [4.78, 5) is 23.4. The molecule has 1 aliphatic carbocycles. The molecule has 2 N–H and O–H groups in total.